The summed E-state index contributed by atoms with van der Waals surface area (Å²) in [4.78, 5) is 31.3. The Bertz CT molecular complexity index is 844. The Morgan fingerprint density at radius 2 is 2.00 bits per heavy atom. The van der Waals surface area contributed by atoms with E-state index in [9.17, 15) is 19.8 Å². The molecule has 0 aliphatic carbocycles. The standard InChI is InChI=1S/C16H18N4O7/c21-6-10-11(22)12(23)13(27-10)20-8-17-14(18-15(20)24)19-16(25)26-7-9-4-2-1-3-5-9/h1-5,8,10-13,21-23H,6-7H2,(H,18,19,24,25)/t10-,11-,12-,13-/m1/s1. The van der Waals surface area contributed by atoms with Crippen molar-refractivity contribution in [3.63, 3.8) is 0 Å². The maximum absolute atomic E-state index is 12.1. The zero-order valence-electron chi connectivity index (χ0n) is 14.0. The van der Waals surface area contributed by atoms with Crippen LogP contribution in [-0.4, -0.2) is 60.9 Å². The molecule has 1 aliphatic rings. The van der Waals surface area contributed by atoms with E-state index in [1.54, 1.807) is 24.3 Å². The molecule has 1 fully saturated rings. The minimum Gasteiger partial charge on any atom is -0.444 e. The first-order chi connectivity index (χ1) is 13.0. The Morgan fingerprint density at radius 3 is 2.63 bits per heavy atom. The van der Waals surface area contributed by atoms with E-state index >= 15 is 0 Å². The average molecular weight is 378 g/mol. The summed E-state index contributed by atoms with van der Waals surface area (Å²) in [6.45, 7) is -0.497. The van der Waals surface area contributed by atoms with Gasteiger partial charge in [-0.05, 0) is 5.56 Å². The second-order valence-corrected chi connectivity index (χ2v) is 5.79. The van der Waals surface area contributed by atoms with Crippen LogP contribution in [-0.2, 0) is 16.1 Å². The summed E-state index contributed by atoms with van der Waals surface area (Å²) in [5.41, 5.74) is -0.0912. The van der Waals surface area contributed by atoms with E-state index < -0.39 is 42.9 Å². The number of nitrogens with one attached hydrogen (secondary N) is 1. The van der Waals surface area contributed by atoms with Gasteiger partial charge in [0.1, 0.15) is 31.2 Å². The summed E-state index contributed by atoms with van der Waals surface area (Å²) in [5, 5.41) is 31.0. The van der Waals surface area contributed by atoms with E-state index in [4.69, 9.17) is 14.6 Å². The summed E-state index contributed by atoms with van der Waals surface area (Å²) in [7, 11) is 0. The number of amides is 1. The molecular formula is C16H18N4O7. The molecule has 2 heterocycles. The van der Waals surface area contributed by atoms with Crippen LogP contribution < -0.4 is 11.0 Å². The summed E-state index contributed by atoms with van der Waals surface area (Å²) < 4.78 is 11.1. The van der Waals surface area contributed by atoms with Crippen LogP contribution in [0, 0.1) is 0 Å². The molecule has 4 atom stereocenters. The molecule has 1 aromatic heterocycles. The van der Waals surface area contributed by atoms with Gasteiger partial charge in [-0.25, -0.2) is 14.6 Å². The number of benzene rings is 1. The van der Waals surface area contributed by atoms with Gasteiger partial charge in [0.25, 0.3) is 0 Å². The van der Waals surface area contributed by atoms with Crippen molar-refractivity contribution in [3.8, 4) is 0 Å². The Labute approximate surface area is 152 Å². The predicted octanol–water partition coefficient (Wildman–Crippen LogP) is -1.00. The summed E-state index contributed by atoms with van der Waals surface area (Å²) in [5.74, 6) is -0.291. The van der Waals surface area contributed by atoms with Gasteiger partial charge in [-0.2, -0.15) is 4.98 Å². The molecule has 4 N–H and O–H groups in total. The van der Waals surface area contributed by atoms with Crippen LogP contribution in [0.3, 0.4) is 0 Å². The molecule has 11 nitrogen and oxygen atoms in total. The van der Waals surface area contributed by atoms with Crippen LogP contribution in [0.15, 0.2) is 41.5 Å². The largest absolute Gasteiger partial charge is 0.444 e. The van der Waals surface area contributed by atoms with E-state index in [-0.39, 0.29) is 12.6 Å². The molecule has 0 bridgehead atoms. The molecule has 27 heavy (non-hydrogen) atoms. The highest BCUT2D eigenvalue weighted by Crippen LogP contribution is 2.27. The van der Waals surface area contributed by atoms with Crippen molar-refractivity contribution in [1.29, 1.82) is 0 Å². The van der Waals surface area contributed by atoms with Gasteiger partial charge in [-0.1, -0.05) is 30.3 Å². The number of ether oxygens (including phenoxy) is 2. The number of carbonyl (C=O) groups is 1. The van der Waals surface area contributed by atoms with E-state index in [1.165, 1.54) is 0 Å². The molecular weight excluding hydrogens is 360 g/mol. The van der Waals surface area contributed by atoms with Crippen LogP contribution in [0.4, 0.5) is 10.7 Å². The number of carbonyl (C=O) groups excluding carboxylic acids is 1. The van der Waals surface area contributed by atoms with Crippen LogP contribution in [0.25, 0.3) is 0 Å². The Morgan fingerprint density at radius 1 is 1.26 bits per heavy atom. The smallest absolute Gasteiger partial charge is 0.414 e. The normalized spacial score (nSPS) is 24.6. The number of hydrogen-bond acceptors (Lipinski definition) is 9. The molecule has 0 saturated carbocycles. The number of hydrogen-bond donors (Lipinski definition) is 4. The van der Waals surface area contributed by atoms with Crippen molar-refractivity contribution in [3.05, 3.63) is 52.7 Å². The highest BCUT2D eigenvalue weighted by Gasteiger charge is 2.43. The van der Waals surface area contributed by atoms with Crippen molar-refractivity contribution >= 4 is 12.0 Å². The fourth-order valence-corrected chi connectivity index (χ4v) is 2.54. The SMILES string of the molecule is O=C(Nc1ncn([C@@H]2O[C@H](CO)[C@@H](O)[C@H]2O)c(=O)n1)OCc1ccccc1. The van der Waals surface area contributed by atoms with Crippen molar-refractivity contribution < 1.29 is 29.6 Å². The number of aliphatic hydroxyl groups is 3. The first-order valence-corrected chi connectivity index (χ1v) is 8.05. The fraction of sp³-hybridized carbons (Fsp3) is 0.375. The van der Waals surface area contributed by atoms with Gasteiger partial charge in [-0.3, -0.25) is 9.88 Å². The van der Waals surface area contributed by atoms with Gasteiger partial charge < -0.3 is 24.8 Å². The lowest BCUT2D eigenvalue weighted by Gasteiger charge is -2.16. The van der Waals surface area contributed by atoms with Crippen LogP contribution >= 0.6 is 0 Å². The first kappa shape index (κ1) is 18.9. The van der Waals surface area contributed by atoms with Crippen LogP contribution in [0.1, 0.15) is 11.8 Å². The van der Waals surface area contributed by atoms with E-state index in [2.05, 4.69) is 15.3 Å². The van der Waals surface area contributed by atoms with Crippen molar-refractivity contribution in [2.75, 3.05) is 11.9 Å². The second-order valence-electron chi connectivity index (χ2n) is 5.79. The lowest BCUT2D eigenvalue weighted by Crippen LogP contribution is -2.36. The Hall–Kier alpha value is -2.86. The molecule has 3 rings (SSSR count). The summed E-state index contributed by atoms with van der Waals surface area (Å²) >= 11 is 0. The molecule has 144 valence electrons. The third kappa shape index (κ3) is 4.28. The van der Waals surface area contributed by atoms with Crippen LogP contribution in [0.2, 0.25) is 0 Å². The quantitative estimate of drug-likeness (QED) is 0.512. The van der Waals surface area contributed by atoms with E-state index in [0.29, 0.717) is 0 Å². The minimum absolute atomic E-state index is 0.0340. The molecule has 2 aromatic rings. The molecule has 1 saturated heterocycles. The molecule has 11 heteroatoms. The summed E-state index contributed by atoms with van der Waals surface area (Å²) in [6.07, 6.45) is -4.95. The van der Waals surface area contributed by atoms with Crippen molar-refractivity contribution in [1.82, 2.24) is 14.5 Å². The number of anilines is 1. The van der Waals surface area contributed by atoms with Gasteiger partial charge in [0.2, 0.25) is 5.95 Å². The molecule has 1 amide bonds. The number of aliphatic hydroxyl groups excluding tert-OH is 3. The molecule has 1 aromatic carbocycles. The highest BCUT2D eigenvalue weighted by atomic mass is 16.6. The fourth-order valence-electron chi connectivity index (χ4n) is 2.54. The topological polar surface area (TPSA) is 156 Å². The third-order valence-corrected chi connectivity index (χ3v) is 3.94. The zero-order chi connectivity index (χ0) is 19.4. The summed E-state index contributed by atoms with van der Waals surface area (Å²) in [6, 6.07) is 9.01. The molecule has 0 radical (unpaired) electrons. The second kappa shape index (κ2) is 8.22. The molecule has 0 unspecified atom stereocenters. The van der Waals surface area contributed by atoms with Crippen molar-refractivity contribution in [2.24, 2.45) is 0 Å². The monoisotopic (exact) mass is 378 g/mol. The van der Waals surface area contributed by atoms with Gasteiger partial charge in [0.05, 0.1) is 6.61 Å². The number of rotatable bonds is 5. The lowest BCUT2D eigenvalue weighted by molar-refractivity contribution is -0.0554. The third-order valence-electron chi connectivity index (χ3n) is 3.94. The van der Waals surface area contributed by atoms with Gasteiger partial charge in [-0.15, -0.1) is 0 Å². The Balaban J connectivity index is 1.63. The number of nitrogens with zero attached hydrogens (tertiary/aromatic N) is 3. The zero-order valence-corrected chi connectivity index (χ0v) is 14.0. The van der Waals surface area contributed by atoms with E-state index in [0.717, 1.165) is 16.5 Å². The maximum atomic E-state index is 12.1. The van der Waals surface area contributed by atoms with Crippen LogP contribution in [0.5, 0.6) is 0 Å². The average Bonchev–Trinajstić information content (AvgIpc) is 2.95. The van der Waals surface area contributed by atoms with Gasteiger partial charge >= 0.3 is 11.8 Å². The van der Waals surface area contributed by atoms with Gasteiger partial charge in [0.15, 0.2) is 6.23 Å². The predicted molar refractivity (Wildman–Crippen MR) is 89.6 cm³/mol. The minimum atomic E-state index is -1.45. The first-order valence-electron chi connectivity index (χ1n) is 8.05. The van der Waals surface area contributed by atoms with E-state index in [1.807, 2.05) is 6.07 Å². The number of aromatic nitrogens is 3. The Kier molecular flexibility index (Phi) is 5.76. The van der Waals surface area contributed by atoms with Gasteiger partial charge in [0, 0.05) is 0 Å². The van der Waals surface area contributed by atoms with Crippen molar-refractivity contribution in [2.45, 2.75) is 31.1 Å². The highest BCUT2D eigenvalue weighted by molar-refractivity contribution is 5.82. The molecule has 0 spiro atoms. The molecule has 1 aliphatic heterocycles. The maximum Gasteiger partial charge on any atom is 0.414 e. The lowest BCUT2D eigenvalue weighted by atomic mass is 10.1.